The second-order valence-electron chi connectivity index (χ2n) is 5.63. The minimum atomic E-state index is -0.201. The van der Waals surface area contributed by atoms with E-state index in [1.807, 2.05) is 13.0 Å². The van der Waals surface area contributed by atoms with Crippen LogP contribution >= 0.6 is 47.2 Å². The molecule has 0 atom stereocenters. The van der Waals surface area contributed by atoms with Crippen molar-refractivity contribution in [2.24, 2.45) is 4.99 Å². The molecule has 0 unspecified atom stereocenters. The van der Waals surface area contributed by atoms with E-state index in [9.17, 15) is 4.79 Å². The Morgan fingerprint density at radius 2 is 1.89 bits per heavy atom. The van der Waals surface area contributed by atoms with E-state index in [2.05, 4.69) is 20.9 Å². The van der Waals surface area contributed by atoms with Gasteiger partial charge in [-0.25, -0.2) is 0 Å². The van der Waals surface area contributed by atoms with Crippen LogP contribution in [0, 0.1) is 6.92 Å². The number of hydrogen-bond acceptors (Lipinski definition) is 3. The molecule has 0 bridgehead atoms. The maximum Gasteiger partial charge on any atom is 0.287 e. The van der Waals surface area contributed by atoms with Gasteiger partial charge in [0.15, 0.2) is 11.7 Å². The summed E-state index contributed by atoms with van der Waals surface area (Å²) >= 11 is 12.0. The second-order valence-corrected chi connectivity index (χ2v) is 6.47. The number of furan rings is 1. The zero-order chi connectivity index (χ0) is 18.9. The van der Waals surface area contributed by atoms with Gasteiger partial charge in [0, 0.05) is 42.3 Å². The number of aryl methyl sites for hydroxylation is 1. The number of nitrogens with zero attached hydrogens (tertiary/aromatic N) is 1. The summed E-state index contributed by atoms with van der Waals surface area (Å²) in [6, 6.07) is 7.14. The Kier molecular flexibility index (Phi) is 10.6. The standard InChI is InChI=1S/C18H22Cl2N4O2.HI/c1-12-6-9-26-16(12)17(25)22-7-3-8-23-18(21-2)24-11-13-4-5-14(19)10-15(13)20;/h4-6,9-10H,3,7-8,11H2,1-2H3,(H,22,25)(H2,21,23,24);1H. The van der Waals surface area contributed by atoms with Gasteiger partial charge in [-0.2, -0.15) is 0 Å². The van der Waals surface area contributed by atoms with Gasteiger partial charge >= 0.3 is 0 Å². The molecule has 1 aromatic heterocycles. The third kappa shape index (κ3) is 7.59. The quantitative estimate of drug-likeness (QED) is 0.221. The van der Waals surface area contributed by atoms with Crippen LogP contribution in [0.2, 0.25) is 10.0 Å². The molecule has 0 saturated heterocycles. The van der Waals surface area contributed by atoms with E-state index in [-0.39, 0.29) is 29.9 Å². The second kappa shape index (κ2) is 12.1. The maximum atomic E-state index is 11.9. The van der Waals surface area contributed by atoms with Crippen LogP contribution in [0.3, 0.4) is 0 Å². The number of aliphatic imine (C=N–C) groups is 1. The maximum absolute atomic E-state index is 11.9. The molecule has 1 heterocycles. The minimum absolute atomic E-state index is 0. The molecule has 9 heteroatoms. The number of hydrogen-bond donors (Lipinski definition) is 3. The van der Waals surface area contributed by atoms with Crippen molar-refractivity contribution < 1.29 is 9.21 Å². The van der Waals surface area contributed by atoms with Crippen molar-refractivity contribution in [2.75, 3.05) is 20.1 Å². The Bertz CT molecular complexity index is 780. The van der Waals surface area contributed by atoms with Crippen molar-refractivity contribution in [1.82, 2.24) is 16.0 Å². The van der Waals surface area contributed by atoms with Gasteiger partial charge in [0.25, 0.3) is 5.91 Å². The van der Waals surface area contributed by atoms with Crippen LogP contribution in [0.25, 0.3) is 0 Å². The van der Waals surface area contributed by atoms with Gasteiger partial charge in [0.1, 0.15) is 0 Å². The van der Waals surface area contributed by atoms with Crippen LogP contribution < -0.4 is 16.0 Å². The third-order valence-electron chi connectivity index (χ3n) is 3.68. The number of benzene rings is 1. The molecule has 1 aromatic carbocycles. The number of carbonyl (C=O) groups is 1. The highest BCUT2D eigenvalue weighted by Crippen LogP contribution is 2.20. The summed E-state index contributed by atoms with van der Waals surface area (Å²) in [6.45, 7) is 3.56. The molecule has 148 valence electrons. The fraction of sp³-hybridized carbons (Fsp3) is 0.333. The van der Waals surface area contributed by atoms with E-state index in [0.717, 1.165) is 17.5 Å². The van der Waals surface area contributed by atoms with Gasteiger partial charge in [-0.1, -0.05) is 29.3 Å². The summed E-state index contributed by atoms with van der Waals surface area (Å²) in [5, 5.41) is 10.4. The third-order valence-corrected chi connectivity index (χ3v) is 4.27. The zero-order valence-electron chi connectivity index (χ0n) is 15.1. The number of carbonyl (C=O) groups excluding carboxylic acids is 1. The molecule has 2 aromatic rings. The topological polar surface area (TPSA) is 78.7 Å². The molecule has 0 saturated carbocycles. The van der Waals surface area contributed by atoms with Crippen LogP contribution in [0.1, 0.15) is 28.1 Å². The number of rotatable bonds is 7. The Morgan fingerprint density at radius 1 is 1.15 bits per heavy atom. The van der Waals surface area contributed by atoms with Gasteiger partial charge < -0.3 is 20.4 Å². The summed E-state index contributed by atoms with van der Waals surface area (Å²) in [6.07, 6.45) is 2.25. The SMILES string of the molecule is CN=C(NCCCNC(=O)c1occc1C)NCc1ccc(Cl)cc1Cl.I. The predicted octanol–water partition coefficient (Wildman–Crippen LogP) is 4.00. The summed E-state index contributed by atoms with van der Waals surface area (Å²) in [5.41, 5.74) is 1.76. The van der Waals surface area contributed by atoms with Gasteiger partial charge in [0.05, 0.1) is 6.26 Å². The molecule has 2 rings (SSSR count). The highest BCUT2D eigenvalue weighted by molar-refractivity contribution is 14.0. The first-order chi connectivity index (χ1) is 12.5. The normalized spacial score (nSPS) is 10.9. The molecule has 3 N–H and O–H groups in total. The largest absolute Gasteiger partial charge is 0.459 e. The summed E-state index contributed by atoms with van der Waals surface area (Å²) in [5.74, 6) is 0.812. The molecule has 27 heavy (non-hydrogen) atoms. The zero-order valence-corrected chi connectivity index (χ0v) is 19.0. The fourth-order valence-electron chi connectivity index (χ4n) is 2.25. The number of guanidine groups is 1. The van der Waals surface area contributed by atoms with Crippen molar-refractivity contribution in [3.63, 3.8) is 0 Å². The lowest BCUT2D eigenvalue weighted by molar-refractivity contribution is 0.0925. The van der Waals surface area contributed by atoms with E-state index in [4.69, 9.17) is 27.6 Å². The molecular formula is C18H23Cl2IN4O2. The molecule has 0 fully saturated rings. The lowest BCUT2D eigenvalue weighted by Crippen LogP contribution is -2.38. The van der Waals surface area contributed by atoms with Gasteiger partial charge in [-0.15, -0.1) is 24.0 Å². The van der Waals surface area contributed by atoms with Crippen molar-refractivity contribution in [2.45, 2.75) is 19.9 Å². The molecule has 0 aliphatic heterocycles. The van der Waals surface area contributed by atoms with Crippen LogP contribution in [-0.2, 0) is 6.54 Å². The Labute approximate surface area is 186 Å². The summed E-state index contributed by atoms with van der Waals surface area (Å²) in [7, 11) is 1.69. The lowest BCUT2D eigenvalue weighted by Gasteiger charge is -2.13. The van der Waals surface area contributed by atoms with E-state index in [1.54, 1.807) is 25.2 Å². The number of nitrogens with one attached hydrogen (secondary N) is 3. The van der Waals surface area contributed by atoms with E-state index >= 15 is 0 Å². The molecule has 0 aliphatic rings. The van der Waals surface area contributed by atoms with Crippen molar-refractivity contribution in [1.29, 1.82) is 0 Å². The Morgan fingerprint density at radius 3 is 2.52 bits per heavy atom. The predicted molar refractivity (Wildman–Crippen MR) is 120 cm³/mol. The molecule has 0 spiro atoms. The molecule has 1 amide bonds. The monoisotopic (exact) mass is 524 g/mol. The molecule has 6 nitrogen and oxygen atoms in total. The summed E-state index contributed by atoms with van der Waals surface area (Å²) < 4.78 is 5.15. The smallest absolute Gasteiger partial charge is 0.287 e. The van der Waals surface area contributed by atoms with Crippen molar-refractivity contribution >= 4 is 59.0 Å². The lowest BCUT2D eigenvalue weighted by atomic mass is 10.2. The first-order valence-corrected chi connectivity index (χ1v) is 8.97. The van der Waals surface area contributed by atoms with Crippen LogP contribution in [0.5, 0.6) is 0 Å². The molecule has 0 radical (unpaired) electrons. The highest BCUT2D eigenvalue weighted by atomic mass is 127. The van der Waals surface area contributed by atoms with Crippen molar-refractivity contribution in [3.8, 4) is 0 Å². The van der Waals surface area contributed by atoms with E-state index in [0.29, 0.717) is 41.4 Å². The van der Waals surface area contributed by atoms with Gasteiger partial charge in [-0.3, -0.25) is 9.79 Å². The average molecular weight is 525 g/mol. The Balaban J connectivity index is 0.00000364. The number of amides is 1. The molecular weight excluding hydrogens is 502 g/mol. The van der Waals surface area contributed by atoms with E-state index in [1.165, 1.54) is 6.26 Å². The Hall–Kier alpha value is -1.45. The molecule has 0 aliphatic carbocycles. The van der Waals surface area contributed by atoms with Gasteiger partial charge in [-0.05, 0) is 37.1 Å². The number of halogens is 3. The van der Waals surface area contributed by atoms with Crippen LogP contribution in [0.15, 0.2) is 39.9 Å². The highest BCUT2D eigenvalue weighted by Gasteiger charge is 2.11. The van der Waals surface area contributed by atoms with Crippen LogP contribution in [0.4, 0.5) is 0 Å². The van der Waals surface area contributed by atoms with Crippen LogP contribution in [-0.4, -0.2) is 32.0 Å². The average Bonchev–Trinajstić information content (AvgIpc) is 3.04. The summed E-state index contributed by atoms with van der Waals surface area (Å²) in [4.78, 5) is 16.1. The first kappa shape index (κ1) is 23.6. The fourth-order valence-corrected chi connectivity index (χ4v) is 2.72. The van der Waals surface area contributed by atoms with E-state index < -0.39 is 0 Å². The van der Waals surface area contributed by atoms with Gasteiger partial charge in [0.2, 0.25) is 0 Å². The minimum Gasteiger partial charge on any atom is -0.459 e. The first-order valence-electron chi connectivity index (χ1n) is 8.22. The van der Waals surface area contributed by atoms with Crippen molar-refractivity contribution in [3.05, 3.63) is 57.5 Å².